The maximum absolute atomic E-state index is 13.5. The van der Waals surface area contributed by atoms with Gasteiger partial charge in [-0.15, -0.1) is 5.10 Å². The van der Waals surface area contributed by atoms with Crippen LogP contribution in [0.15, 0.2) is 30.5 Å². The first-order valence-electron chi connectivity index (χ1n) is 6.11. The molecule has 0 fully saturated rings. The van der Waals surface area contributed by atoms with Gasteiger partial charge in [-0.05, 0) is 31.2 Å². The van der Waals surface area contributed by atoms with E-state index in [1.807, 2.05) is 0 Å². The molecular weight excluding hydrogens is 288 g/mol. The normalized spacial score (nSPS) is 13.2. The zero-order chi connectivity index (χ0) is 15.5. The average Bonchev–Trinajstić information content (AvgIpc) is 2.45. The Morgan fingerprint density at radius 1 is 1.19 bits per heavy atom. The number of hydrogen-bond donors (Lipinski definition) is 1. The summed E-state index contributed by atoms with van der Waals surface area (Å²) in [6, 6.07) is 4.45. The summed E-state index contributed by atoms with van der Waals surface area (Å²) >= 11 is 0. The summed E-state index contributed by atoms with van der Waals surface area (Å²) < 4.78 is 50.5. The Balaban J connectivity index is 1.99. The Morgan fingerprint density at radius 2 is 1.95 bits per heavy atom. The molecule has 1 atom stereocenters. The van der Waals surface area contributed by atoms with Crippen LogP contribution in [0.1, 0.15) is 30.0 Å². The minimum Gasteiger partial charge on any atom is -0.303 e. The van der Waals surface area contributed by atoms with Crippen molar-refractivity contribution in [1.82, 2.24) is 20.5 Å². The van der Waals surface area contributed by atoms with Crippen LogP contribution in [0.5, 0.6) is 0 Å². The highest BCUT2D eigenvalue weighted by Gasteiger charge is 2.32. The third-order valence-electron chi connectivity index (χ3n) is 2.80. The van der Waals surface area contributed by atoms with Gasteiger partial charge >= 0.3 is 6.18 Å². The lowest BCUT2D eigenvalue weighted by Crippen LogP contribution is -2.21. The fourth-order valence-corrected chi connectivity index (χ4v) is 1.68. The molecule has 0 aliphatic carbocycles. The minimum atomic E-state index is -4.51. The predicted molar refractivity (Wildman–Crippen MR) is 66.5 cm³/mol. The maximum atomic E-state index is 13.5. The topological polar surface area (TPSA) is 50.7 Å². The lowest BCUT2D eigenvalue weighted by atomic mass is 10.2. The van der Waals surface area contributed by atoms with Gasteiger partial charge in [0.1, 0.15) is 5.82 Å². The number of rotatable bonds is 4. The smallest absolute Gasteiger partial charge is 0.303 e. The largest absolute Gasteiger partial charge is 0.435 e. The first kappa shape index (κ1) is 15.3. The molecule has 112 valence electrons. The van der Waals surface area contributed by atoms with Crippen LogP contribution < -0.4 is 5.32 Å². The van der Waals surface area contributed by atoms with Crippen molar-refractivity contribution in [2.75, 3.05) is 0 Å². The summed E-state index contributed by atoms with van der Waals surface area (Å²) in [5.74, 6) is -0.448. The minimum absolute atomic E-state index is 0.155. The monoisotopic (exact) mass is 300 g/mol. The standard InChI is InChI=1S/C13H12F4N4/c1-8(12-10(14)3-2-6-18-12)19-7-9-4-5-11(21-20-9)13(15,16)17/h2-6,8,19H,7H2,1H3/t8-/m1/s1. The SMILES string of the molecule is C[C@@H](NCc1ccc(C(F)(F)F)nn1)c1ncccc1F. The molecule has 2 heterocycles. The quantitative estimate of drug-likeness (QED) is 0.882. The summed E-state index contributed by atoms with van der Waals surface area (Å²) in [4.78, 5) is 3.91. The summed E-state index contributed by atoms with van der Waals surface area (Å²) in [6.07, 6.45) is -3.04. The number of halogens is 4. The van der Waals surface area contributed by atoms with E-state index in [1.54, 1.807) is 6.92 Å². The Kier molecular flexibility index (Phi) is 4.46. The van der Waals surface area contributed by atoms with Crippen molar-refractivity contribution in [1.29, 1.82) is 0 Å². The van der Waals surface area contributed by atoms with E-state index in [0.29, 0.717) is 5.69 Å². The number of nitrogens with one attached hydrogen (secondary N) is 1. The van der Waals surface area contributed by atoms with E-state index >= 15 is 0 Å². The molecule has 0 aliphatic heterocycles. The van der Waals surface area contributed by atoms with Crippen molar-refractivity contribution >= 4 is 0 Å². The number of aromatic nitrogens is 3. The lowest BCUT2D eigenvalue weighted by molar-refractivity contribution is -0.141. The lowest BCUT2D eigenvalue weighted by Gasteiger charge is -2.13. The second kappa shape index (κ2) is 6.13. The molecule has 4 nitrogen and oxygen atoms in total. The molecular formula is C13H12F4N4. The molecule has 21 heavy (non-hydrogen) atoms. The summed E-state index contributed by atoms with van der Waals surface area (Å²) in [5.41, 5.74) is -0.487. The van der Waals surface area contributed by atoms with Crippen LogP contribution in [0.3, 0.4) is 0 Å². The average molecular weight is 300 g/mol. The van der Waals surface area contributed by atoms with E-state index in [2.05, 4.69) is 20.5 Å². The molecule has 0 bridgehead atoms. The molecule has 2 rings (SSSR count). The van der Waals surface area contributed by atoms with Gasteiger partial charge in [0, 0.05) is 18.8 Å². The van der Waals surface area contributed by atoms with Crippen molar-refractivity contribution in [3.8, 4) is 0 Å². The van der Waals surface area contributed by atoms with E-state index in [1.165, 1.54) is 24.4 Å². The van der Waals surface area contributed by atoms with Gasteiger partial charge in [0.2, 0.25) is 0 Å². The van der Waals surface area contributed by atoms with Crippen LogP contribution in [-0.2, 0) is 12.7 Å². The molecule has 0 spiro atoms. The highest BCUT2D eigenvalue weighted by molar-refractivity contribution is 5.12. The van der Waals surface area contributed by atoms with E-state index < -0.39 is 23.7 Å². The third-order valence-corrected chi connectivity index (χ3v) is 2.80. The molecule has 8 heteroatoms. The Morgan fingerprint density at radius 3 is 2.52 bits per heavy atom. The molecule has 0 unspecified atom stereocenters. The van der Waals surface area contributed by atoms with Crippen LogP contribution >= 0.6 is 0 Å². The highest BCUT2D eigenvalue weighted by atomic mass is 19.4. The van der Waals surface area contributed by atoms with Gasteiger partial charge in [-0.3, -0.25) is 4.98 Å². The first-order valence-corrected chi connectivity index (χ1v) is 6.11. The van der Waals surface area contributed by atoms with Crippen LogP contribution in [0.4, 0.5) is 17.6 Å². The number of nitrogens with zero attached hydrogens (tertiary/aromatic N) is 3. The Labute approximate surface area is 118 Å². The third kappa shape index (κ3) is 3.94. The van der Waals surface area contributed by atoms with Crippen molar-refractivity contribution in [3.63, 3.8) is 0 Å². The molecule has 1 N–H and O–H groups in total. The molecule has 0 aliphatic rings. The molecule has 0 radical (unpaired) electrons. The van der Waals surface area contributed by atoms with Gasteiger partial charge in [-0.25, -0.2) is 4.39 Å². The van der Waals surface area contributed by atoms with Crippen molar-refractivity contribution in [2.24, 2.45) is 0 Å². The molecule has 0 amide bonds. The summed E-state index contributed by atoms with van der Waals surface area (Å²) in [6.45, 7) is 1.85. The second-order valence-corrected chi connectivity index (χ2v) is 4.38. The van der Waals surface area contributed by atoms with Gasteiger partial charge in [0.05, 0.1) is 11.4 Å². The Bertz CT molecular complexity index is 598. The van der Waals surface area contributed by atoms with Crippen molar-refractivity contribution in [2.45, 2.75) is 25.7 Å². The zero-order valence-corrected chi connectivity index (χ0v) is 11.0. The predicted octanol–water partition coefficient (Wildman–Crippen LogP) is 2.88. The highest BCUT2D eigenvalue weighted by Crippen LogP contribution is 2.26. The van der Waals surface area contributed by atoms with Crippen LogP contribution in [0, 0.1) is 5.82 Å². The summed E-state index contributed by atoms with van der Waals surface area (Å²) in [7, 11) is 0. The van der Waals surface area contributed by atoms with E-state index in [9.17, 15) is 17.6 Å². The fraction of sp³-hybridized carbons (Fsp3) is 0.308. The van der Waals surface area contributed by atoms with E-state index in [4.69, 9.17) is 0 Å². The van der Waals surface area contributed by atoms with Gasteiger partial charge in [-0.1, -0.05) is 0 Å². The fourth-order valence-electron chi connectivity index (χ4n) is 1.68. The second-order valence-electron chi connectivity index (χ2n) is 4.38. The van der Waals surface area contributed by atoms with Crippen molar-refractivity contribution in [3.05, 3.63) is 53.4 Å². The Hall–Kier alpha value is -2.09. The summed E-state index contributed by atoms with van der Waals surface area (Å²) in [5, 5.41) is 9.53. The molecule has 0 aromatic carbocycles. The van der Waals surface area contributed by atoms with Crippen molar-refractivity contribution < 1.29 is 17.6 Å². The van der Waals surface area contributed by atoms with E-state index in [-0.39, 0.29) is 12.2 Å². The van der Waals surface area contributed by atoms with Gasteiger partial charge in [-0.2, -0.15) is 18.3 Å². The number of alkyl halides is 3. The molecule has 2 aromatic heterocycles. The molecule has 2 aromatic rings. The molecule has 0 saturated carbocycles. The number of hydrogen-bond acceptors (Lipinski definition) is 4. The molecule has 0 saturated heterocycles. The van der Waals surface area contributed by atoms with Gasteiger partial charge in [0.25, 0.3) is 0 Å². The van der Waals surface area contributed by atoms with Crippen LogP contribution in [0.25, 0.3) is 0 Å². The number of pyridine rings is 1. The van der Waals surface area contributed by atoms with Gasteiger partial charge < -0.3 is 5.32 Å². The maximum Gasteiger partial charge on any atom is 0.435 e. The van der Waals surface area contributed by atoms with Crippen LogP contribution in [0.2, 0.25) is 0 Å². The van der Waals surface area contributed by atoms with E-state index in [0.717, 1.165) is 6.07 Å². The van der Waals surface area contributed by atoms with Crippen LogP contribution in [-0.4, -0.2) is 15.2 Å². The zero-order valence-electron chi connectivity index (χ0n) is 11.0. The first-order chi connectivity index (χ1) is 9.88. The van der Waals surface area contributed by atoms with Gasteiger partial charge in [0.15, 0.2) is 5.69 Å².